The first kappa shape index (κ1) is 29.2. The van der Waals surface area contributed by atoms with Crippen molar-refractivity contribution in [3.63, 3.8) is 0 Å². The lowest BCUT2D eigenvalue weighted by molar-refractivity contribution is -0.141. The second-order valence-corrected chi connectivity index (χ2v) is 10.7. The van der Waals surface area contributed by atoms with Gasteiger partial charge in [0.2, 0.25) is 0 Å². The minimum absolute atomic E-state index is 0.0566. The summed E-state index contributed by atoms with van der Waals surface area (Å²) in [5.74, 6) is 0.996. The summed E-state index contributed by atoms with van der Waals surface area (Å²) in [6.45, 7) is 5.32. The number of carbonyl (C=O) groups excluding carboxylic acids is 2. The van der Waals surface area contributed by atoms with E-state index in [1.807, 2.05) is 49.4 Å². The smallest absolute Gasteiger partial charge is 0.305 e. The normalized spacial score (nSPS) is 15.7. The molecule has 2 aromatic carbocycles. The van der Waals surface area contributed by atoms with Crippen molar-refractivity contribution in [3.05, 3.63) is 69.7 Å². The summed E-state index contributed by atoms with van der Waals surface area (Å²) >= 11 is 6.29. The van der Waals surface area contributed by atoms with Gasteiger partial charge in [0.05, 0.1) is 7.11 Å². The Morgan fingerprint density at radius 1 is 1.11 bits per heavy atom. The minimum atomic E-state index is -0.404. The zero-order valence-corrected chi connectivity index (χ0v) is 23.3. The quantitative estimate of drug-likeness (QED) is 0.217. The molecule has 0 radical (unpaired) electrons. The second kappa shape index (κ2) is 15.1. The highest BCUT2D eigenvalue weighted by atomic mass is 35.5. The average Bonchev–Trinajstić information content (AvgIpc) is 2.91. The van der Waals surface area contributed by atoms with Crippen molar-refractivity contribution in [2.75, 3.05) is 20.3 Å². The Kier molecular flexibility index (Phi) is 11.9. The van der Waals surface area contributed by atoms with Crippen LogP contribution in [0.25, 0.3) is 0 Å². The van der Waals surface area contributed by atoms with Crippen molar-refractivity contribution < 1.29 is 19.1 Å². The highest BCUT2D eigenvalue weighted by molar-refractivity contribution is 6.30. The van der Waals surface area contributed by atoms with Crippen LogP contribution in [-0.4, -0.2) is 32.1 Å². The third-order valence-corrected chi connectivity index (χ3v) is 7.77. The van der Waals surface area contributed by atoms with Crippen LogP contribution < -0.4 is 5.32 Å². The molecule has 1 aliphatic carbocycles. The van der Waals surface area contributed by atoms with Crippen molar-refractivity contribution in [2.45, 2.75) is 77.7 Å². The molecule has 1 amide bonds. The number of nitrogens with one attached hydrogen (secondary N) is 1. The number of amides is 1. The van der Waals surface area contributed by atoms with Gasteiger partial charge in [0.1, 0.15) is 6.10 Å². The molecule has 0 bridgehead atoms. The Morgan fingerprint density at radius 2 is 1.89 bits per heavy atom. The van der Waals surface area contributed by atoms with Gasteiger partial charge in [0.15, 0.2) is 0 Å². The summed E-state index contributed by atoms with van der Waals surface area (Å²) in [5, 5.41) is 3.81. The zero-order chi connectivity index (χ0) is 26.6. The van der Waals surface area contributed by atoms with E-state index in [2.05, 4.69) is 12.2 Å². The van der Waals surface area contributed by atoms with Crippen LogP contribution in [0, 0.1) is 18.8 Å². The maximum atomic E-state index is 13.2. The molecule has 0 saturated heterocycles. The number of carbonyl (C=O) groups is 2. The van der Waals surface area contributed by atoms with E-state index < -0.39 is 6.10 Å². The van der Waals surface area contributed by atoms with Gasteiger partial charge in [-0.3, -0.25) is 9.59 Å². The molecule has 1 fully saturated rings. The number of methoxy groups -OCH3 is 1. The number of aryl methyl sites for hydroxylation is 1. The van der Waals surface area contributed by atoms with Crippen LogP contribution in [-0.2, 0) is 14.3 Å². The Morgan fingerprint density at radius 3 is 2.59 bits per heavy atom. The molecular weight excluding hydrogens is 486 g/mol. The van der Waals surface area contributed by atoms with Crippen LogP contribution >= 0.6 is 11.6 Å². The fourth-order valence-corrected chi connectivity index (χ4v) is 5.45. The van der Waals surface area contributed by atoms with Gasteiger partial charge in [-0.2, -0.15) is 0 Å². The number of hydrogen-bond acceptors (Lipinski definition) is 4. The van der Waals surface area contributed by atoms with Crippen molar-refractivity contribution in [1.82, 2.24) is 5.32 Å². The van der Waals surface area contributed by atoms with E-state index in [1.165, 1.54) is 45.6 Å². The maximum Gasteiger partial charge on any atom is 0.305 e. The number of halogens is 1. The fourth-order valence-electron chi connectivity index (χ4n) is 5.25. The van der Waals surface area contributed by atoms with E-state index in [1.54, 1.807) is 0 Å². The Bertz CT molecular complexity index is 1020. The van der Waals surface area contributed by atoms with Crippen LogP contribution in [0.1, 0.15) is 97.9 Å². The molecule has 1 unspecified atom stereocenters. The summed E-state index contributed by atoms with van der Waals surface area (Å²) < 4.78 is 11.0. The van der Waals surface area contributed by atoms with Gasteiger partial charge in [0.25, 0.3) is 5.91 Å². The number of esters is 1. The molecule has 2 aromatic rings. The molecule has 3 rings (SSSR count). The Labute approximate surface area is 227 Å². The molecule has 37 heavy (non-hydrogen) atoms. The standard InChI is InChI=1S/C31H42ClNO4/c1-4-23(18-24-10-6-5-7-11-24)21-33-31(35)26-16-15-22(2)28(20-26)30(25-12-8-13-27(32)19-25)37-17-9-14-29(34)36-3/h8,12-13,15-16,19-20,23-24,30H,4-7,9-11,14,17-18,21H2,1-3H3,(H,33,35)/t23-,30?/m0/s1. The molecule has 0 aliphatic heterocycles. The highest BCUT2D eigenvalue weighted by Gasteiger charge is 2.21. The molecule has 0 heterocycles. The van der Waals surface area contributed by atoms with Crippen LogP contribution in [0.15, 0.2) is 42.5 Å². The number of benzene rings is 2. The zero-order valence-electron chi connectivity index (χ0n) is 22.6. The summed E-state index contributed by atoms with van der Waals surface area (Å²) in [7, 11) is 1.39. The molecule has 6 heteroatoms. The van der Waals surface area contributed by atoms with E-state index in [9.17, 15) is 9.59 Å². The van der Waals surface area contributed by atoms with Crippen molar-refractivity contribution in [1.29, 1.82) is 0 Å². The van der Waals surface area contributed by atoms with Gasteiger partial charge in [-0.25, -0.2) is 0 Å². The summed E-state index contributed by atoms with van der Waals surface area (Å²) in [6, 6.07) is 13.4. The van der Waals surface area contributed by atoms with Crippen LogP contribution in [0.5, 0.6) is 0 Å². The SMILES string of the molecule is CC[C@H](CNC(=O)c1ccc(C)c(C(OCCCC(=O)OC)c2cccc(Cl)c2)c1)CC1CCCCC1. The van der Waals surface area contributed by atoms with Gasteiger partial charge in [-0.1, -0.05) is 75.2 Å². The average molecular weight is 528 g/mol. The molecule has 2 atom stereocenters. The lowest BCUT2D eigenvalue weighted by Crippen LogP contribution is -2.30. The van der Waals surface area contributed by atoms with E-state index in [4.69, 9.17) is 21.1 Å². The van der Waals surface area contributed by atoms with Gasteiger partial charge < -0.3 is 14.8 Å². The van der Waals surface area contributed by atoms with E-state index in [0.717, 1.165) is 29.0 Å². The molecule has 202 valence electrons. The van der Waals surface area contributed by atoms with Gasteiger partial charge in [-0.15, -0.1) is 0 Å². The van der Waals surface area contributed by atoms with Crippen LogP contribution in [0.2, 0.25) is 5.02 Å². The topological polar surface area (TPSA) is 64.6 Å². The predicted octanol–water partition coefficient (Wildman–Crippen LogP) is 7.43. The molecular formula is C31H42ClNO4. The number of hydrogen-bond donors (Lipinski definition) is 1. The Balaban J connectivity index is 1.72. The van der Waals surface area contributed by atoms with Gasteiger partial charge >= 0.3 is 5.97 Å². The fraction of sp³-hybridized carbons (Fsp3) is 0.548. The van der Waals surface area contributed by atoms with E-state index in [-0.39, 0.29) is 11.9 Å². The third-order valence-electron chi connectivity index (χ3n) is 7.53. The first-order valence-electron chi connectivity index (χ1n) is 13.7. The van der Waals surface area contributed by atoms with E-state index in [0.29, 0.717) is 42.5 Å². The lowest BCUT2D eigenvalue weighted by Gasteiger charge is -2.26. The summed E-state index contributed by atoms with van der Waals surface area (Å²) in [4.78, 5) is 24.7. The van der Waals surface area contributed by atoms with Crippen LogP contribution in [0.3, 0.4) is 0 Å². The largest absolute Gasteiger partial charge is 0.469 e. The van der Waals surface area contributed by atoms with Crippen molar-refractivity contribution >= 4 is 23.5 Å². The first-order chi connectivity index (χ1) is 17.9. The van der Waals surface area contributed by atoms with Gasteiger partial charge in [0, 0.05) is 30.2 Å². The second-order valence-electron chi connectivity index (χ2n) is 10.3. The molecule has 5 nitrogen and oxygen atoms in total. The monoisotopic (exact) mass is 527 g/mol. The van der Waals surface area contributed by atoms with Crippen molar-refractivity contribution in [2.24, 2.45) is 11.8 Å². The molecule has 0 aromatic heterocycles. The minimum Gasteiger partial charge on any atom is -0.469 e. The first-order valence-corrected chi connectivity index (χ1v) is 14.1. The molecule has 1 N–H and O–H groups in total. The summed E-state index contributed by atoms with van der Waals surface area (Å²) in [6.07, 6.45) is 9.42. The lowest BCUT2D eigenvalue weighted by atomic mass is 9.82. The van der Waals surface area contributed by atoms with E-state index >= 15 is 0 Å². The number of rotatable bonds is 13. The van der Waals surface area contributed by atoms with Gasteiger partial charge in [-0.05, 0) is 72.6 Å². The maximum absolute atomic E-state index is 13.2. The Hall–Kier alpha value is -2.37. The third kappa shape index (κ3) is 9.15. The predicted molar refractivity (Wildman–Crippen MR) is 149 cm³/mol. The molecule has 1 aliphatic rings. The highest BCUT2D eigenvalue weighted by Crippen LogP contribution is 2.32. The molecule has 1 saturated carbocycles. The van der Waals surface area contributed by atoms with Crippen molar-refractivity contribution in [3.8, 4) is 0 Å². The number of ether oxygens (including phenoxy) is 2. The van der Waals surface area contributed by atoms with Crippen LogP contribution in [0.4, 0.5) is 0 Å². The molecule has 0 spiro atoms. The summed E-state index contributed by atoms with van der Waals surface area (Å²) in [5.41, 5.74) is 3.48.